The van der Waals surface area contributed by atoms with Gasteiger partial charge in [-0.3, -0.25) is 0 Å². The summed E-state index contributed by atoms with van der Waals surface area (Å²) in [6.45, 7) is 3.92. The monoisotopic (exact) mass is 357 g/mol. The third kappa shape index (κ3) is 3.60. The Bertz CT molecular complexity index is 793. The minimum atomic E-state index is -0.331. The highest BCUT2D eigenvalue weighted by Crippen LogP contribution is 2.20. The molecular weight excluding hydrogens is 337 g/mol. The molecular formula is C18H20FN5O2. The van der Waals surface area contributed by atoms with Crippen LogP contribution in [-0.4, -0.2) is 53.7 Å². The number of urea groups is 1. The molecule has 2 aliphatic rings. The van der Waals surface area contributed by atoms with Gasteiger partial charge in [0.2, 0.25) is 5.95 Å². The molecule has 4 rings (SSSR count). The zero-order valence-corrected chi connectivity index (χ0v) is 14.3. The van der Waals surface area contributed by atoms with E-state index >= 15 is 0 Å². The van der Waals surface area contributed by atoms with Gasteiger partial charge in [-0.15, -0.1) is 0 Å². The molecule has 1 saturated heterocycles. The summed E-state index contributed by atoms with van der Waals surface area (Å²) >= 11 is 0. The Kier molecular flexibility index (Phi) is 4.66. The fourth-order valence-electron chi connectivity index (χ4n) is 3.12. The van der Waals surface area contributed by atoms with E-state index in [2.05, 4.69) is 20.2 Å². The van der Waals surface area contributed by atoms with Crippen LogP contribution in [0.2, 0.25) is 0 Å². The Morgan fingerprint density at radius 1 is 1.15 bits per heavy atom. The van der Waals surface area contributed by atoms with Crippen LogP contribution in [0.1, 0.15) is 11.3 Å². The summed E-state index contributed by atoms with van der Waals surface area (Å²) in [4.78, 5) is 25.5. The molecule has 0 bridgehead atoms. The minimum absolute atomic E-state index is 0.214. The molecule has 8 heteroatoms. The first kappa shape index (κ1) is 16.7. The summed E-state index contributed by atoms with van der Waals surface area (Å²) in [6, 6.07) is 5.52. The summed E-state index contributed by atoms with van der Waals surface area (Å²) in [5.41, 5.74) is 2.52. The number of carbonyl (C=O) groups is 1. The van der Waals surface area contributed by atoms with Gasteiger partial charge in [0, 0.05) is 31.5 Å². The maximum Gasteiger partial charge on any atom is 0.322 e. The number of rotatable bonds is 2. The molecule has 1 N–H and O–H groups in total. The summed E-state index contributed by atoms with van der Waals surface area (Å²) in [5.74, 6) is 0.357. The number of nitrogens with zero attached hydrogens (tertiary/aromatic N) is 4. The second-order valence-corrected chi connectivity index (χ2v) is 6.35. The lowest BCUT2D eigenvalue weighted by atomic mass is 10.1. The molecule has 7 nitrogen and oxygen atoms in total. The summed E-state index contributed by atoms with van der Waals surface area (Å²) in [6.07, 6.45) is 2.58. The van der Waals surface area contributed by atoms with Crippen LogP contribution in [0.3, 0.4) is 0 Å². The molecule has 0 aliphatic carbocycles. The van der Waals surface area contributed by atoms with Crippen LogP contribution in [0.25, 0.3) is 0 Å². The smallest absolute Gasteiger partial charge is 0.322 e. The van der Waals surface area contributed by atoms with Crippen LogP contribution in [-0.2, 0) is 17.7 Å². The van der Waals surface area contributed by atoms with E-state index in [-0.39, 0.29) is 11.8 Å². The second kappa shape index (κ2) is 7.25. The molecule has 1 fully saturated rings. The molecule has 1 aromatic carbocycles. The predicted octanol–water partition coefficient (Wildman–Crippen LogP) is 2.04. The van der Waals surface area contributed by atoms with Gasteiger partial charge in [0.25, 0.3) is 0 Å². The SMILES string of the molecule is O=C(Nc1ccc(F)cc1)N1CCc2cnc(N3CCOCC3)nc2C1. The molecule has 0 spiro atoms. The highest BCUT2D eigenvalue weighted by atomic mass is 19.1. The average Bonchev–Trinajstić information content (AvgIpc) is 2.69. The lowest BCUT2D eigenvalue weighted by Crippen LogP contribution is -2.40. The summed E-state index contributed by atoms with van der Waals surface area (Å²) in [7, 11) is 0. The fraction of sp³-hybridized carbons (Fsp3) is 0.389. The minimum Gasteiger partial charge on any atom is -0.378 e. The van der Waals surface area contributed by atoms with Gasteiger partial charge >= 0.3 is 6.03 Å². The predicted molar refractivity (Wildman–Crippen MR) is 94.6 cm³/mol. The third-order valence-electron chi connectivity index (χ3n) is 4.61. The number of carbonyl (C=O) groups excluding carboxylic acids is 1. The zero-order valence-electron chi connectivity index (χ0n) is 14.3. The Morgan fingerprint density at radius 2 is 1.92 bits per heavy atom. The largest absolute Gasteiger partial charge is 0.378 e. The van der Waals surface area contributed by atoms with Crippen LogP contribution < -0.4 is 10.2 Å². The van der Waals surface area contributed by atoms with E-state index in [9.17, 15) is 9.18 Å². The van der Waals surface area contributed by atoms with Crippen LogP contribution in [0.5, 0.6) is 0 Å². The number of anilines is 2. The zero-order chi connectivity index (χ0) is 17.9. The average molecular weight is 357 g/mol. The lowest BCUT2D eigenvalue weighted by Gasteiger charge is -2.30. The molecule has 3 heterocycles. The highest BCUT2D eigenvalue weighted by Gasteiger charge is 2.24. The molecule has 2 amide bonds. The van der Waals surface area contributed by atoms with E-state index in [0.717, 1.165) is 30.8 Å². The van der Waals surface area contributed by atoms with Gasteiger partial charge in [-0.05, 0) is 36.2 Å². The summed E-state index contributed by atoms with van der Waals surface area (Å²) < 4.78 is 18.4. The quantitative estimate of drug-likeness (QED) is 0.891. The van der Waals surface area contributed by atoms with E-state index in [4.69, 9.17) is 4.74 Å². The first-order chi connectivity index (χ1) is 12.7. The number of fused-ring (bicyclic) bond motifs is 1. The third-order valence-corrected chi connectivity index (χ3v) is 4.61. The Labute approximate surface area is 150 Å². The standard InChI is InChI=1S/C18H20FN5O2/c19-14-1-3-15(4-2-14)21-18(25)24-6-5-13-11-20-17(22-16(13)12-24)23-7-9-26-10-8-23/h1-4,11H,5-10,12H2,(H,21,25). The van der Waals surface area contributed by atoms with E-state index < -0.39 is 0 Å². The number of amides is 2. The Balaban J connectivity index is 1.45. The number of ether oxygens (including phenoxy) is 1. The molecule has 136 valence electrons. The molecule has 2 aliphatic heterocycles. The molecule has 0 atom stereocenters. The van der Waals surface area contributed by atoms with Crippen LogP contribution >= 0.6 is 0 Å². The van der Waals surface area contributed by atoms with Crippen molar-refractivity contribution >= 4 is 17.7 Å². The van der Waals surface area contributed by atoms with E-state index in [0.29, 0.717) is 37.9 Å². The number of nitrogens with one attached hydrogen (secondary N) is 1. The van der Waals surface area contributed by atoms with E-state index in [1.807, 2.05) is 6.20 Å². The molecule has 0 radical (unpaired) electrons. The van der Waals surface area contributed by atoms with Gasteiger partial charge in [0.1, 0.15) is 5.82 Å². The number of hydrogen-bond acceptors (Lipinski definition) is 5. The summed E-state index contributed by atoms with van der Waals surface area (Å²) in [5, 5.41) is 2.80. The molecule has 1 aromatic heterocycles. The van der Waals surface area contributed by atoms with Crippen molar-refractivity contribution in [3.63, 3.8) is 0 Å². The molecule has 2 aromatic rings. The van der Waals surface area contributed by atoms with Crippen molar-refractivity contribution in [3.05, 3.63) is 47.5 Å². The fourth-order valence-corrected chi connectivity index (χ4v) is 3.12. The lowest BCUT2D eigenvalue weighted by molar-refractivity contribution is 0.122. The molecule has 0 unspecified atom stereocenters. The van der Waals surface area contributed by atoms with Crippen molar-refractivity contribution in [2.24, 2.45) is 0 Å². The van der Waals surface area contributed by atoms with Crippen molar-refractivity contribution in [1.82, 2.24) is 14.9 Å². The van der Waals surface area contributed by atoms with Crippen molar-refractivity contribution in [1.29, 1.82) is 0 Å². The van der Waals surface area contributed by atoms with Crippen molar-refractivity contribution in [3.8, 4) is 0 Å². The first-order valence-corrected chi connectivity index (χ1v) is 8.68. The second-order valence-electron chi connectivity index (χ2n) is 6.35. The van der Waals surface area contributed by atoms with Crippen LogP contribution in [0.4, 0.5) is 20.8 Å². The van der Waals surface area contributed by atoms with Gasteiger partial charge in [-0.25, -0.2) is 19.2 Å². The van der Waals surface area contributed by atoms with Crippen LogP contribution in [0, 0.1) is 5.82 Å². The molecule has 0 saturated carbocycles. The number of morpholine rings is 1. The molecule has 26 heavy (non-hydrogen) atoms. The van der Waals surface area contributed by atoms with Gasteiger partial charge < -0.3 is 19.9 Å². The maximum atomic E-state index is 13.0. The van der Waals surface area contributed by atoms with Crippen molar-refractivity contribution in [2.75, 3.05) is 43.1 Å². The Morgan fingerprint density at radius 3 is 2.69 bits per heavy atom. The highest BCUT2D eigenvalue weighted by molar-refractivity contribution is 5.89. The van der Waals surface area contributed by atoms with Gasteiger partial charge in [-0.2, -0.15) is 0 Å². The first-order valence-electron chi connectivity index (χ1n) is 8.68. The van der Waals surface area contributed by atoms with E-state index in [1.165, 1.54) is 12.1 Å². The van der Waals surface area contributed by atoms with Gasteiger partial charge in [0.15, 0.2) is 0 Å². The van der Waals surface area contributed by atoms with Gasteiger partial charge in [0.05, 0.1) is 25.5 Å². The van der Waals surface area contributed by atoms with Crippen LogP contribution in [0.15, 0.2) is 30.5 Å². The number of benzene rings is 1. The maximum absolute atomic E-state index is 13.0. The normalized spacial score (nSPS) is 17.0. The van der Waals surface area contributed by atoms with Gasteiger partial charge in [-0.1, -0.05) is 0 Å². The van der Waals surface area contributed by atoms with E-state index in [1.54, 1.807) is 17.0 Å². The number of hydrogen-bond donors (Lipinski definition) is 1. The van der Waals surface area contributed by atoms with Crippen molar-refractivity contribution < 1.29 is 13.9 Å². The topological polar surface area (TPSA) is 70.6 Å². The number of halogens is 1. The van der Waals surface area contributed by atoms with Crippen molar-refractivity contribution in [2.45, 2.75) is 13.0 Å². The number of aromatic nitrogens is 2. The Hall–Kier alpha value is -2.74.